The summed E-state index contributed by atoms with van der Waals surface area (Å²) in [5.74, 6) is 1.09. The Balaban J connectivity index is 1.68. The molecule has 20 heavy (non-hydrogen) atoms. The number of likely N-dealkylation sites (tertiary alicyclic amines) is 1. The van der Waals surface area contributed by atoms with Gasteiger partial charge >= 0.3 is 0 Å². The van der Waals surface area contributed by atoms with Gasteiger partial charge in [-0.1, -0.05) is 12.8 Å². The fourth-order valence-electron chi connectivity index (χ4n) is 3.47. The summed E-state index contributed by atoms with van der Waals surface area (Å²) in [6.45, 7) is 2.24. The molecule has 1 saturated heterocycles. The molecule has 4 nitrogen and oxygen atoms in total. The Morgan fingerprint density at radius 3 is 2.95 bits per heavy atom. The number of nitrogens with zero attached hydrogens (tertiary/aromatic N) is 3. The predicted molar refractivity (Wildman–Crippen MR) is 82.0 cm³/mol. The summed E-state index contributed by atoms with van der Waals surface area (Å²) in [6.07, 6.45) is 11.9. The highest BCUT2D eigenvalue weighted by Crippen LogP contribution is 2.24. The largest absolute Gasteiger partial charge is 0.368 e. The minimum Gasteiger partial charge on any atom is -0.368 e. The van der Waals surface area contributed by atoms with Crippen molar-refractivity contribution in [1.29, 1.82) is 0 Å². The number of hydrogen-bond donors (Lipinski definition) is 1. The first-order valence-corrected chi connectivity index (χ1v) is 8.11. The zero-order valence-corrected chi connectivity index (χ0v) is 12.6. The molecule has 2 heterocycles. The van der Waals surface area contributed by atoms with Gasteiger partial charge in [0.2, 0.25) is 0 Å². The van der Waals surface area contributed by atoms with Crippen LogP contribution >= 0.6 is 0 Å². The molecule has 3 rings (SSSR count). The fourth-order valence-corrected chi connectivity index (χ4v) is 3.47. The molecule has 0 spiro atoms. The molecule has 1 fully saturated rings. The van der Waals surface area contributed by atoms with Crippen LogP contribution in [-0.2, 0) is 12.8 Å². The highest BCUT2D eigenvalue weighted by atomic mass is 15.2. The predicted octanol–water partition coefficient (Wildman–Crippen LogP) is 2.64. The van der Waals surface area contributed by atoms with Gasteiger partial charge in [0.1, 0.15) is 12.1 Å². The Bertz CT molecular complexity index is 446. The number of rotatable bonds is 3. The molecule has 2 aliphatic rings. The monoisotopic (exact) mass is 274 g/mol. The van der Waals surface area contributed by atoms with E-state index in [2.05, 4.69) is 27.2 Å². The second-order valence-electron chi connectivity index (χ2n) is 6.22. The van der Waals surface area contributed by atoms with Gasteiger partial charge in [-0.05, 0) is 52.1 Å². The molecule has 0 amide bonds. The van der Waals surface area contributed by atoms with E-state index in [-0.39, 0.29) is 0 Å². The first kappa shape index (κ1) is 13.8. The maximum Gasteiger partial charge on any atom is 0.132 e. The third-order valence-corrected chi connectivity index (χ3v) is 4.80. The lowest BCUT2D eigenvalue weighted by atomic mass is 10.0. The second kappa shape index (κ2) is 6.53. The van der Waals surface area contributed by atoms with Crippen molar-refractivity contribution in [3.8, 4) is 0 Å². The zero-order valence-electron chi connectivity index (χ0n) is 12.6. The third-order valence-electron chi connectivity index (χ3n) is 4.80. The van der Waals surface area contributed by atoms with Crippen molar-refractivity contribution in [3.63, 3.8) is 0 Å². The Morgan fingerprint density at radius 1 is 1.15 bits per heavy atom. The van der Waals surface area contributed by atoms with Crippen LogP contribution in [0.3, 0.4) is 0 Å². The molecule has 0 radical (unpaired) electrons. The van der Waals surface area contributed by atoms with Crippen molar-refractivity contribution in [1.82, 2.24) is 14.9 Å². The van der Waals surface area contributed by atoms with Gasteiger partial charge in [0.05, 0.1) is 0 Å². The SMILES string of the molecule is CN1CCCCC1CNc1ncnc2c1CCCCC2. The van der Waals surface area contributed by atoms with Crippen LogP contribution in [0.4, 0.5) is 5.82 Å². The third kappa shape index (κ3) is 3.11. The summed E-state index contributed by atoms with van der Waals surface area (Å²) in [5.41, 5.74) is 2.65. The fraction of sp³-hybridized carbons (Fsp3) is 0.750. The van der Waals surface area contributed by atoms with Crippen LogP contribution in [-0.4, -0.2) is 41.0 Å². The van der Waals surface area contributed by atoms with E-state index in [4.69, 9.17) is 0 Å². The molecule has 1 atom stereocenters. The summed E-state index contributed by atoms with van der Waals surface area (Å²) >= 11 is 0. The number of hydrogen-bond acceptors (Lipinski definition) is 4. The molecule has 0 bridgehead atoms. The molecular formula is C16H26N4. The lowest BCUT2D eigenvalue weighted by Crippen LogP contribution is -2.41. The molecule has 4 heteroatoms. The average molecular weight is 274 g/mol. The van der Waals surface area contributed by atoms with Gasteiger partial charge in [-0.25, -0.2) is 9.97 Å². The van der Waals surface area contributed by atoms with Crippen LogP contribution in [0.25, 0.3) is 0 Å². The van der Waals surface area contributed by atoms with Crippen molar-refractivity contribution >= 4 is 5.82 Å². The number of nitrogens with one attached hydrogen (secondary N) is 1. The van der Waals surface area contributed by atoms with Gasteiger partial charge in [-0.3, -0.25) is 0 Å². The van der Waals surface area contributed by atoms with Gasteiger partial charge in [-0.15, -0.1) is 0 Å². The highest BCUT2D eigenvalue weighted by molar-refractivity contribution is 5.46. The number of fused-ring (bicyclic) bond motifs is 1. The summed E-state index contributed by atoms with van der Waals surface area (Å²) in [4.78, 5) is 11.5. The number of anilines is 1. The van der Waals surface area contributed by atoms with Gasteiger partial charge in [0, 0.05) is 23.8 Å². The topological polar surface area (TPSA) is 41.0 Å². The Kier molecular flexibility index (Phi) is 4.51. The second-order valence-corrected chi connectivity index (χ2v) is 6.22. The van der Waals surface area contributed by atoms with Crippen LogP contribution in [0.2, 0.25) is 0 Å². The summed E-state index contributed by atoms with van der Waals surface area (Å²) < 4.78 is 0. The molecule has 1 aliphatic heterocycles. The average Bonchev–Trinajstić information content (AvgIpc) is 2.72. The van der Waals surface area contributed by atoms with Crippen LogP contribution in [0.5, 0.6) is 0 Å². The van der Waals surface area contributed by atoms with Crippen LogP contribution < -0.4 is 5.32 Å². The smallest absolute Gasteiger partial charge is 0.132 e. The highest BCUT2D eigenvalue weighted by Gasteiger charge is 2.20. The van der Waals surface area contributed by atoms with Crippen molar-refractivity contribution in [2.75, 3.05) is 25.5 Å². The quantitative estimate of drug-likeness (QED) is 0.860. The van der Waals surface area contributed by atoms with E-state index in [0.29, 0.717) is 6.04 Å². The number of piperidine rings is 1. The molecular weight excluding hydrogens is 248 g/mol. The van der Waals surface area contributed by atoms with E-state index in [9.17, 15) is 0 Å². The molecule has 0 saturated carbocycles. The Labute approximate surface area is 122 Å². The summed E-state index contributed by atoms with van der Waals surface area (Å²) in [7, 11) is 2.24. The lowest BCUT2D eigenvalue weighted by Gasteiger charge is -2.32. The van der Waals surface area contributed by atoms with E-state index < -0.39 is 0 Å². The molecule has 1 aromatic heterocycles. The number of aryl methyl sites for hydroxylation is 1. The van der Waals surface area contributed by atoms with Crippen molar-refractivity contribution in [2.24, 2.45) is 0 Å². The van der Waals surface area contributed by atoms with Gasteiger partial charge in [0.25, 0.3) is 0 Å². The Morgan fingerprint density at radius 2 is 2.05 bits per heavy atom. The summed E-state index contributed by atoms with van der Waals surface area (Å²) in [5, 5.41) is 3.61. The maximum atomic E-state index is 4.50. The molecule has 1 N–H and O–H groups in total. The summed E-state index contributed by atoms with van der Waals surface area (Å²) in [6, 6.07) is 0.653. The van der Waals surface area contributed by atoms with Crippen molar-refractivity contribution in [3.05, 3.63) is 17.6 Å². The molecule has 1 aromatic rings. The van der Waals surface area contributed by atoms with Crippen LogP contribution in [0.15, 0.2) is 6.33 Å². The first-order chi connectivity index (χ1) is 9.84. The molecule has 1 unspecified atom stereocenters. The van der Waals surface area contributed by atoms with E-state index in [1.165, 1.54) is 56.3 Å². The Hall–Kier alpha value is -1.16. The standard InChI is InChI=1S/C16H26N4/c1-20-10-6-5-7-13(20)11-17-16-14-8-3-2-4-9-15(14)18-12-19-16/h12-13H,2-11H2,1H3,(H,17,18,19). The number of likely N-dealkylation sites (N-methyl/N-ethyl adjacent to an activating group) is 1. The van der Waals surface area contributed by atoms with E-state index in [1.54, 1.807) is 6.33 Å². The number of aromatic nitrogens is 2. The molecule has 1 aliphatic carbocycles. The maximum absolute atomic E-state index is 4.50. The lowest BCUT2D eigenvalue weighted by molar-refractivity contribution is 0.194. The van der Waals surface area contributed by atoms with Gasteiger partial charge in [0.15, 0.2) is 0 Å². The minimum atomic E-state index is 0.653. The van der Waals surface area contributed by atoms with Crippen molar-refractivity contribution < 1.29 is 0 Å². The van der Waals surface area contributed by atoms with E-state index in [0.717, 1.165) is 25.2 Å². The van der Waals surface area contributed by atoms with E-state index in [1.807, 2.05) is 0 Å². The van der Waals surface area contributed by atoms with Crippen molar-refractivity contribution in [2.45, 2.75) is 57.4 Å². The van der Waals surface area contributed by atoms with Gasteiger partial charge in [-0.2, -0.15) is 0 Å². The van der Waals surface area contributed by atoms with E-state index >= 15 is 0 Å². The van der Waals surface area contributed by atoms with Gasteiger partial charge < -0.3 is 10.2 Å². The minimum absolute atomic E-state index is 0.653. The zero-order chi connectivity index (χ0) is 13.8. The van der Waals surface area contributed by atoms with Crippen LogP contribution in [0.1, 0.15) is 49.8 Å². The molecule has 110 valence electrons. The first-order valence-electron chi connectivity index (χ1n) is 8.11. The normalized spacial score (nSPS) is 23.9. The van der Waals surface area contributed by atoms with Crippen LogP contribution in [0, 0.1) is 0 Å². The molecule has 0 aromatic carbocycles.